The highest BCUT2D eigenvalue weighted by Gasteiger charge is 2.26. The van der Waals surface area contributed by atoms with Crippen LogP contribution in [0.5, 0.6) is 11.5 Å². The Balaban J connectivity index is 1.33. The first-order chi connectivity index (χ1) is 12.7. The molecule has 0 unspecified atom stereocenters. The third-order valence-corrected chi connectivity index (χ3v) is 5.85. The zero-order valence-electron chi connectivity index (χ0n) is 14.9. The quantitative estimate of drug-likeness (QED) is 0.873. The van der Waals surface area contributed by atoms with Crippen LogP contribution in [0.2, 0.25) is 0 Å². The fourth-order valence-corrected chi connectivity index (χ4v) is 4.30. The largest absolute Gasteiger partial charge is 0.497 e. The number of hydrogen-bond donors (Lipinski definition) is 1. The third-order valence-electron chi connectivity index (χ3n) is 4.90. The highest BCUT2D eigenvalue weighted by Crippen LogP contribution is 2.31. The molecule has 2 aromatic rings. The lowest BCUT2D eigenvalue weighted by molar-refractivity contribution is -0.126. The number of carbonyl (C=O) groups is 1. The average Bonchev–Trinajstić information content (AvgIpc) is 3.36. The molecule has 0 bridgehead atoms. The van der Waals surface area contributed by atoms with Gasteiger partial charge in [0.05, 0.1) is 25.3 Å². The molecule has 4 rings (SSSR count). The van der Waals surface area contributed by atoms with Gasteiger partial charge >= 0.3 is 0 Å². The van der Waals surface area contributed by atoms with Crippen LogP contribution in [0.4, 0.5) is 5.13 Å². The van der Waals surface area contributed by atoms with Crippen LogP contribution in [0.1, 0.15) is 24.1 Å². The zero-order valence-corrected chi connectivity index (χ0v) is 15.7. The molecule has 6 nitrogen and oxygen atoms in total. The van der Waals surface area contributed by atoms with Crippen LogP contribution in [0.3, 0.4) is 0 Å². The summed E-state index contributed by atoms with van der Waals surface area (Å²) in [5.74, 6) is 1.44. The zero-order chi connectivity index (χ0) is 17.9. The van der Waals surface area contributed by atoms with E-state index >= 15 is 0 Å². The molecule has 7 heteroatoms. The maximum absolute atomic E-state index is 12.5. The molecule has 1 atom stereocenters. The summed E-state index contributed by atoms with van der Waals surface area (Å²) in [6, 6.07) is 5.72. The molecule has 1 aromatic carbocycles. The number of anilines is 1. The predicted octanol–water partition coefficient (Wildman–Crippen LogP) is 2.62. The van der Waals surface area contributed by atoms with Gasteiger partial charge in [-0.1, -0.05) is 0 Å². The van der Waals surface area contributed by atoms with E-state index in [1.807, 2.05) is 23.6 Å². The molecule has 1 saturated heterocycles. The number of carbonyl (C=O) groups excluding carboxylic acids is 1. The molecular weight excluding hydrogens is 350 g/mol. The van der Waals surface area contributed by atoms with Gasteiger partial charge in [-0.15, -0.1) is 11.3 Å². The average molecular weight is 373 g/mol. The van der Waals surface area contributed by atoms with Crippen LogP contribution in [0.15, 0.2) is 23.6 Å². The second-order valence-corrected chi connectivity index (χ2v) is 7.56. The summed E-state index contributed by atoms with van der Waals surface area (Å²) in [5, 5.41) is 6.10. The van der Waals surface area contributed by atoms with Crippen LogP contribution >= 0.6 is 11.3 Å². The van der Waals surface area contributed by atoms with Crippen molar-refractivity contribution in [1.82, 2.24) is 10.3 Å². The van der Waals surface area contributed by atoms with Crippen LogP contribution in [0, 0.1) is 5.92 Å². The highest BCUT2D eigenvalue weighted by atomic mass is 32.1. The van der Waals surface area contributed by atoms with Crippen molar-refractivity contribution in [1.29, 1.82) is 0 Å². The lowest BCUT2D eigenvalue weighted by atomic mass is 9.96. The van der Waals surface area contributed by atoms with Crippen molar-refractivity contribution < 1.29 is 14.3 Å². The van der Waals surface area contributed by atoms with E-state index < -0.39 is 0 Å². The van der Waals surface area contributed by atoms with E-state index in [0.29, 0.717) is 19.6 Å². The molecule has 0 aliphatic carbocycles. The first-order valence-corrected chi connectivity index (χ1v) is 9.87. The molecule has 2 aliphatic rings. The molecular formula is C19H23N3O3S. The molecule has 2 aliphatic heterocycles. The van der Waals surface area contributed by atoms with Crippen molar-refractivity contribution in [2.24, 2.45) is 5.92 Å². The van der Waals surface area contributed by atoms with Crippen LogP contribution < -0.4 is 19.7 Å². The Kier molecular flexibility index (Phi) is 4.97. The van der Waals surface area contributed by atoms with Crippen molar-refractivity contribution in [2.75, 3.05) is 31.7 Å². The summed E-state index contributed by atoms with van der Waals surface area (Å²) in [4.78, 5) is 19.5. The fourth-order valence-electron chi connectivity index (χ4n) is 3.42. The van der Waals surface area contributed by atoms with Crippen molar-refractivity contribution in [2.45, 2.75) is 25.8 Å². The summed E-state index contributed by atoms with van der Waals surface area (Å²) in [6.45, 7) is 3.04. The van der Waals surface area contributed by atoms with Gasteiger partial charge in [0.25, 0.3) is 0 Å². The van der Waals surface area contributed by atoms with Gasteiger partial charge in [-0.25, -0.2) is 4.98 Å². The number of ether oxygens (including phenoxy) is 2. The van der Waals surface area contributed by atoms with Crippen LogP contribution in [0.25, 0.3) is 0 Å². The Hall–Kier alpha value is -2.28. The van der Waals surface area contributed by atoms with Gasteiger partial charge in [-0.05, 0) is 43.0 Å². The number of aromatic nitrogens is 1. The Morgan fingerprint density at radius 1 is 1.42 bits per heavy atom. The molecule has 0 saturated carbocycles. The number of amides is 1. The molecule has 1 aromatic heterocycles. The van der Waals surface area contributed by atoms with Gasteiger partial charge in [0.2, 0.25) is 5.91 Å². The standard InChI is InChI=1S/C19H23N3O3S/c1-24-16-4-5-17-13(9-16)8-14(11-25-17)18(23)20-10-15-12-26-19(21-15)22-6-2-3-7-22/h4-5,9,12,14H,2-3,6-8,10-11H2,1H3,(H,20,23)/t14-/m1/s1. The molecule has 1 amide bonds. The van der Waals surface area contributed by atoms with E-state index in [1.54, 1.807) is 18.4 Å². The maximum atomic E-state index is 12.5. The molecule has 1 N–H and O–H groups in total. The maximum Gasteiger partial charge on any atom is 0.227 e. The van der Waals surface area contributed by atoms with Gasteiger partial charge in [0.15, 0.2) is 5.13 Å². The fraction of sp³-hybridized carbons (Fsp3) is 0.474. The molecule has 1 fully saturated rings. The Morgan fingerprint density at radius 2 is 2.27 bits per heavy atom. The summed E-state index contributed by atoms with van der Waals surface area (Å²) < 4.78 is 11.0. The minimum atomic E-state index is -0.189. The minimum Gasteiger partial charge on any atom is -0.497 e. The van der Waals surface area contributed by atoms with Gasteiger partial charge in [-0.2, -0.15) is 0 Å². The number of benzene rings is 1. The number of rotatable bonds is 5. The van der Waals surface area contributed by atoms with Crippen LogP contribution in [-0.4, -0.2) is 37.7 Å². The van der Waals surface area contributed by atoms with Crippen molar-refractivity contribution in [3.05, 3.63) is 34.8 Å². The monoisotopic (exact) mass is 373 g/mol. The summed E-state index contributed by atoms with van der Waals surface area (Å²) in [5.41, 5.74) is 1.93. The second-order valence-electron chi connectivity index (χ2n) is 6.72. The lowest BCUT2D eigenvalue weighted by Gasteiger charge is -2.24. The van der Waals surface area contributed by atoms with Gasteiger partial charge in [-0.3, -0.25) is 4.79 Å². The SMILES string of the molecule is COc1ccc2c(c1)C[C@@H](C(=O)NCc1csc(N3CCCC3)n1)CO2. The van der Waals surface area contributed by atoms with Crippen molar-refractivity contribution in [3.8, 4) is 11.5 Å². The van der Waals surface area contributed by atoms with Crippen molar-refractivity contribution in [3.63, 3.8) is 0 Å². The topological polar surface area (TPSA) is 63.7 Å². The number of nitrogens with zero attached hydrogens (tertiary/aromatic N) is 2. The second kappa shape index (κ2) is 7.53. The van der Waals surface area contributed by atoms with Gasteiger partial charge < -0.3 is 19.7 Å². The smallest absolute Gasteiger partial charge is 0.227 e. The summed E-state index contributed by atoms with van der Waals surface area (Å²) >= 11 is 1.65. The number of hydrogen-bond acceptors (Lipinski definition) is 6. The van der Waals surface area contributed by atoms with E-state index in [0.717, 1.165) is 41.0 Å². The Labute approximate surface area is 157 Å². The molecule has 26 heavy (non-hydrogen) atoms. The first kappa shape index (κ1) is 17.1. The van der Waals surface area contributed by atoms with E-state index in [4.69, 9.17) is 9.47 Å². The molecule has 0 spiro atoms. The van der Waals surface area contributed by atoms with E-state index in [1.165, 1.54) is 12.8 Å². The number of thiazole rings is 1. The normalized spacial score (nSPS) is 19.0. The third kappa shape index (κ3) is 3.62. The Bertz CT molecular complexity index is 786. The molecule has 138 valence electrons. The molecule has 3 heterocycles. The lowest BCUT2D eigenvalue weighted by Crippen LogP contribution is -2.37. The highest BCUT2D eigenvalue weighted by molar-refractivity contribution is 7.13. The van der Waals surface area contributed by atoms with E-state index in [-0.39, 0.29) is 11.8 Å². The van der Waals surface area contributed by atoms with E-state index in [2.05, 4.69) is 15.2 Å². The summed E-state index contributed by atoms with van der Waals surface area (Å²) in [6.07, 6.45) is 3.13. The van der Waals surface area contributed by atoms with Crippen LogP contribution in [-0.2, 0) is 17.8 Å². The minimum absolute atomic E-state index is 0.00851. The number of nitrogens with one attached hydrogen (secondary N) is 1. The van der Waals surface area contributed by atoms with Crippen molar-refractivity contribution >= 4 is 22.4 Å². The van der Waals surface area contributed by atoms with Gasteiger partial charge in [0.1, 0.15) is 18.1 Å². The Morgan fingerprint density at radius 3 is 3.08 bits per heavy atom. The van der Waals surface area contributed by atoms with E-state index in [9.17, 15) is 4.79 Å². The summed E-state index contributed by atoms with van der Waals surface area (Å²) in [7, 11) is 1.64. The predicted molar refractivity (Wildman–Crippen MR) is 101 cm³/mol. The molecule has 0 radical (unpaired) electrons. The number of fused-ring (bicyclic) bond motifs is 1. The first-order valence-electron chi connectivity index (χ1n) is 8.99. The number of methoxy groups -OCH3 is 1. The van der Waals surface area contributed by atoms with Gasteiger partial charge in [0, 0.05) is 18.5 Å².